The maximum Gasteiger partial charge on any atom is 0.161 e. The maximum absolute atomic E-state index is 5.22. The summed E-state index contributed by atoms with van der Waals surface area (Å²) in [6, 6.07) is 0.262. The van der Waals surface area contributed by atoms with Crippen LogP contribution in [0.1, 0.15) is 12.6 Å². The van der Waals surface area contributed by atoms with Crippen LogP contribution in [0.25, 0.3) is 11.0 Å². The molecule has 6 heteroatoms. The summed E-state index contributed by atoms with van der Waals surface area (Å²) < 4.78 is 6.98. The second kappa shape index (κ2) is 5.88. The molecular formula is C12H19N5O. The average molecular weight is 249 g/mol. The van der Waals surface area contributed by atoms with Crippen LogP contribution in [0.3, 0.4) is 0 Å². The Bertz CT molecular complexity index is 504. The number of ether oxygens (including phenoxy) is 1. The van der Waals surface area contributed by atoms with Gasteiger partial charge in [0, 0.05) is 26.6 Å². The van der Waals surface area contributed by atoms with Gasteiger partial charge in [0.25, 0.3) is 0 Å². The van der Waals surface area contributed by atoms with Crippen LogP contribution in [-0.2, 0) is 18.2 Å². The van der Waals surface area contributed by atoms with E-state index in [-0.39, 0.29) is 6.04 Å². The normalized spacial score (nSPS) is 13.1. The molecule has 0 aliphatic rings. The van der Waals surface area contributed by atoms with E-state index >= 15 is 0 Å². The molecule has 1 unspecified atom stereocenters. The molecule has 2 aromatic rings. The van der Waals surface area contributed by atoms with Gasteiger partial charge in [-0.1, -0.05) is 6.92 Å². The molecule has 1 N–H and O–H groups in total. The molecule has 0 radical (unpaired) electrons. The molecule has 0 saturated carbocycles. The molecule has 2 heterocycles. The van der Waals surface area contributed by atoms with Crippen molar-refractivity contribution in [2.24, 2.45) is 7.05 Å². The summed E-state index contributed by atoms with van der Waals surface area (Å²) in [5, 5.41) is 8.62. The molecule has 2 aromatic heterocycles. The highest BCUT2D eigenvalue weighted by atomic mass is 16.5. The van der Waals surface area contributed by atoms with Gasteiger partial charge in [0.15, 0.2) is 5.65 Å². The number of nitrogens with one attached hydrogen (secondary N) is 1. The maximum atomic E-state index is 5.22. The Morgan fingerprint density at radius 2 is 2.28 bits per heavy atom. The number of likely N-dealkylation sites (N-methyl/N-ethyl adjacent to an activating group) is 1. The molecule has 0 aliphatic heterocycles. The molecule has 2 rings (SSSR count). The van der Waals surface area contributed by atoms with Gasteiger partial charge in [-0.25, -0.2) is 9.97 Å². The molecular weight excluding hydrogens is 230 g/mol. The number of nitrogens with zero attached hydrogens (tertiary/aromatic N) is 4. The van der Waals surface area contributed by atoms with E-state index < -0.39 is 0 Å². The fraction of sp³-hybridized carbons (Fsp3) is 0.583. The van der Waals surface area contributed by atoms with E-state index in [1.54, 1.807) is 18.1 Å². The van der Waals surface area contributed by atoms with Crippen LogP contribution in [0.4, 0.5) is 0 Å². The van der Waals surface area contributed by atoms with Crippen LogP contribution in [0.2, 0.25) is 0 Å². The zero-order chi connectivity index (χ0) is 13.0. The highest BCUT2D eigenvalue weighted by Gasteiger charge is 2.13. The highest BCUT2D eigenvalue weighted by molar-refractivity contribution is 5.76. The molecule has 0 amide bonds. The van der Waals surface area contributed by atoms with Crippen LogP contribution < -0.4 is 5.32 Å². The van der Waals surface area contributed by atoms with Crippen molar-refractivity contribution in [1.82, 2.24) is 25.1 Å². The summed E-state index contributed by atoms with van der Waals surface area (Å²) in [4.78, 5) is 8.60. The first-order valence-corrected chi connectivity index (χ1v) is 6.10. The number of methoxy groups -OCH3 is 1. The zero-order valence-electron chi connectivity index (χ0n) is 11.1. The Hall–Kier alpha value is -1.53. The van der Waals surface area contributed by atoms with E-state index in [4.69, 9.17) is 4.74 Å². The summed E-state index contributed by atoms with van der Waals surface area (Å²) >= 11 is 0. The van der Waals surface area contributed by atoms with Gasteiger partial charge in [-0.05, 0) is 6.54 Å². The molecule has 18 heavy (non-hydrogen) atoms. The van der Waals surface area contributed by atoms with E-state index in [1.807, 2.05) is 13.2 Å². The summed E-state index contributed by atoms with van der Waals surface area (Å²) in [5.74, 6) is 0. The van der Waals surface area contributed by atoms with Crippen LogP contribution in [0.15, 0.2) is 12.5 Å². The first-order valence-electron chi connectivity index (χ1n) is 6.10. The van der Waals surface area contributed by atoms with Crippen LogP contribution >= 0.6 is 0 Å². The number of hydrogen-bond acceptors (Lipinski definition) is 5. The van der Waals surface area contributed by atoms with Crippen molar-refractivity contribution >= 4 is 11.0 Å². The van der Waals surface area contributed by atoms with Crippen molar-refractivity contribution in [1.29, 1.82) is 0 Å². The Balaban J connectivity index is 2.24. The third-order valence-electron chi connectivity index (χ3n) is 2.91. The topological polar surface area (TPSA) is 64.9 Å². The highest BCUT2D eigenvalue weighted by Crippen LogP contribution is 2.14. The number of aryl methyl sites for hydroxylation is 1. The van der Waals surface area contributed by atoms with Gasteiger partial charge >= 0.3 is 0 Å². The van der Waals surface area contributed by atoms with Crippen molar-refractivity contribution in [3.63, 3.8) is 0 Å². The summed E-state index contributed by atoms with van der Waals surface area (Å²) in [6.07, 6.45) is 4.22. The molecule has 0 spiro atoms. The van der Waals surface area contributed by atoms with Gasteiger partial charge in [0.2, 0.25) is 0 Å². The Kier molecular flexibility index (Phi) is 4.22. The fourth-order valence-electron chi connectivity index (χ4n) is 2.09. The van der Waals surface area contributed by atoms with Crippen LogP contribution in [0.5, 0.6) is 0 Å². The Labute approximate surface area is 106 Å². The van der Waals surface area contributed by atoms with Crippen molar-refractivity contribution in [3.8, 4) is 0 Å². The van der Waals surface area contributed by atoms with Gasteiger partial charge < -0.3 is 10.1 Å². The monoisotopic (exact) mass is 249 g/mol. The van der Waals surface area contributed by atoms with E-state index in [2.05, 4.69) is 27.3 Å². The Morgan fingerprint density at radius 1 is 1.44 bits per heavy atom. The van der Waals surface area contributed by atoms with Crippen molar-refractivity contribution in [2.75, 3.05) is 20.3 Å². The summed E-state index contributed by atoms with van der Waals surface area (Å²) in [6.45, 7) is 3.66. The lowest BCUT2D eigenvalue weighted by Crippen LogP contribution is -2.35. The third-order valence-corrected chi connectivity index (χ3v) is 2.91. The second-order valence-electron chi connectivity index (χ2n) is 4.24. The molecule has 6 nitrogen and oxygen atoms in total. The summed E-state index contributed by atoms with van der Waals surface area (Å²) in [5.41, 5.74) is 1.88. The minimum absolute atomic E-state index is 0.262. The van der Waals surface area contributed by atoms with E-state index in [9.17, 15) is 0 Å². The van der Waals surface area contributed by atoms with Crippen molar-refractivity contribution in [3.05, 3.63) is 18.2 Å². The fourth-order valence-corrected chi connectivity index (χ4v) is 2.09. The molecule has 0 aromatic carbocycles. The SMILES string of the molecule is CCNC(COC)Cc1ncnc2c1cnn2C. The lowest BCUT2D eigenvalue weighted by Gasteiger charge is -2.16. The molecule has 0 fully saturated rings. The number of aromatic nitrogens is 4. The zero-order valence-corrected chi connectivity index (χ0v) is 11.1. The van der Waals surface area contributed by atoms with E-state index in [0.29, 0.717) is 6.61 Å². The first kappa shape index (κ1) is 12.9. The second-order valence-corrected chi connectivity index (χ2v) is 4.24. The predicted molar refractivity (Wildman–Crippen MR) is 69.3 cm³/mol. The lowest BCUT2D eigenvalue weighted by atomic mass is 10.1. The predicted octanol–water partition coefficient (Wildman–Crippen LogP) is 0.530. The minimum atomic E-state index is 0.262. The summed E-state index contributed by atoms with van der Waals surface area (Å²) in [7, 11) is 3.60. The smallest absolute Gasteiger partial charge is 0.161 e. The average Bonchev–Trinajstić information content (AvgIpc) is 2.73. The van der Waals surface area contributed by atoms with Crippen LogP contribution in [-0.4, -0.2) is 46.1 Å². The van der Waals surface area contributed by atoms with E-state index in [0.717, 1.165) is 29.7 Å². The largest absolute Gasteiger partial charge is 0.383 e. The number of fused-ring (bicyclic) bond motifs is 1. The lowest BCUT2D eigenvalue weighted by molar-refractivity contribution is 0.166. The Morgan fingerprint density at radius 3 is 3.00 bits per heavy atom. The van der Waals surface area contributed by atoms with Crippen LogP contribution in [0, 0.1) is 0 Å². The van der Waals surface area contributed by atoms with Crippen molar-refractivity contribution in [2.45, 2.75) is 19.4 Å². The van der Waals surface area contributed by atoms with E-state index in [1.165, 1.54) is 0 Å². The van der Waals surface area contributed by atoms with Gasteiger partial charge in [0.05, 0.1) is 23.9 Å². The number of rotatable bonds is 6. The van der Waals surface area contributed by atoms with Gasteiger partial charge in [0.1, 0.15) is 6.33 Å². The third kappa shape index (κ3) is 2.65. The van der Waals surface area contributed by atoms with Gasteiger partial charge in [-0.15, -0.1) is 0 Å². The molecule has 98 valence electrons. The molecule has 0 saturated heterocycles. The molecule has 0 aliphatic carbocycles. The standard InChI is InChI=1S/C12H19N5O/c1-4-13-9(7-18-3)5-11-10-6-16-17(2)12(10)15-8-14-11/h6,8-9,13H,4-5,7H2,1-3H3. The minimum Gasteiger partial charge on any atom is -0.383 e. The number of hydrogen-bond donors (Lipinski definition) is 1. The van der Waals surface area contributed by atoms with Gasteiger partial charge in [-0.2, -0.15) is 5.10 Å². The van der Waals surface area contributed by atoms with Gasteiger partial charge in [-0.3, -0.25) is 4.68 Å². The molecule has 0 bridgehead atoms. The van der Waals surface area contributed by atoms with Crippen molar-refractivity contribution < 1.29 is 4.74 Å². The quantitative estimate of drug-likeness (QED) is 0.809. The first-order chi connectivity index (χ1) is 8.76. The molecule has 1 atom stereocenters.